The Morgan fingerprint density at radius 2 is 2.08 bits per heavy atom. The summed E-state index contributed by atoms with van der Waals surface area (Å²) in [6.07, 6.45) is 3.18. The SMILES string of the molecule is NC1CCCc2c(Cl)cc(Cl)cc21. The quantitative estimate of drug-likeness (QED) is 0.707. The summed E-state index contributed by atoms with van der Waals surface area (Å²) in [6.45, 7) is 0. The van der Waals surface area contributed by atoms with Crippen LogP contribution in [-0.4, -0.2) is 0 Å². The highest BCUT2D eigenvalue weighted by Crippen LogP contribution is 2.34. The van der Waals surface area contributed by atoms with Gasteiger partial charge < -0.3 is 5.73 Å². The van der Waals surface area contributed by atoms with Gasteiger partial charge in [-0.3, -0.25) is 0 Å². The summed E-state index contributed by atoms with van der Waals surface area (Å²) >= 11 is 12.0. The molecule has 1 aliphatic carbocycles. The van der Waals surface area contributed by atoms with E-state index in [0.717, 1.165) is 29.8 Å². The predicted octanol–water partition coefficient (Wildman–Crippen LogP) is 3.33. The van der Waals surface area contributed by atoms with Gasteiger partial charge in [-0.1, -0.05) is 23.2 Å². The van der Waals surface area contributed by atoms with Crippen LogP contribution in [0.3, 0.4) is 0 Å². The van der Waals surface area contributed by atoms with Gasteiger partial charge in [-0.2, -0.15) is 0 Å². The fraction of sp³-hybridized carbons (Fsp3) is 0.400. The van der Waals surface area contributed by atoms with Gasteiger partial charge in [0.25, 0.3) is 0 Å². The molecule has 0 amide bonds. The van der Waals surface area contributed by atoms with E-state index < -0.39 is 0 Å². The fourth-order valence-corrected chi connectivity index (χ4v) is 2.48. The van der Waals surface area contributed by atoms with Crippen LogP contribution in [0.2, 0.25) is 10.0 Å². The molecule has 0 bridgehead atoms. The van der Waals surface area contributed by atoms with Crippen LogP contribution in [0.4, 0.5) is 0 Å². The third-order valence-corrected chi connectivity index (χ3v) is 3.09. The van der Waals surface area contributed by atoms with Gasteiger partial charge in [-0.15, -0.1) is 0 Å². The van der Waals surface area contributed by atoms with Crippen LogP contribution in [0.15, 0.2) is 12.1 Å². The Morgan fingerprint density at radius 1 is 1.31 bits per heavy atom. The van der Waals surface area contributed by atoms with Gasteiger partial charge in [0.05, 0.1) is 0 Å². The summed E-state index contributed by atoms with van der Waals surface area (Å²) in [5.74, 6) is 0. The molecule has 0 aromatic heterocycles. The van der Waals surface area contributed by atoms with Crippen molar-refractivity contribution in [2.24, 2.45) is 5.73 Å². The van der Waals surface area contributed by atoms with Crippen molar-refractivity contribution < 1.29 is 0 Å². The molecule has 1 aromatic carbocycles. The molecule has 0 spiro atoms. The molecule has 1 nitrogen and oxygen atoms in total. The number of hydrogen-bond acceptors (Lipinski definition) is 1. The summed E-state index contributed by atoms with van der Waals surface area (Å²) in [4.78, 5) is 0. The van der Waals surface area contributed by atoms with Crippen LogP contribution in [-0.2, 0) is 6.42 Å². The molecule has 2 N–H and O–H groups in total. The topological polar surface area (TPSA) is 26.0 Å². The monoisotopic (exact) mass is 215 g/mol. The molecule has 3 heteroatoms. The van der Waals surface area contributed by atoms with Gasteiger partial charge in [0.1, 0.15) is 0 Å². The summed E-state index contributed by atoms with van der Waals surface area (Å²) in [6, 6.07) is 3.84. The van der Waals surface area contributed by atoms with E-state index in [1.54, 1.807) is 6.07 Å². The van der Waals surface area contributed by atoms with E-state index >= 15 is 0 Å². The van der Waals surface area contributed by atoms with Crippen molar-refractivity contribution in [2.45, 2.75) is 25.3 Å². The lowest BCUT2D eigenvalue weighted by Gasteiger charge is -2.23. The Bertz CT molecular complexity index is 336. The Morgan fingerprint density at radius 3 is 2.85 bits per heavy atom. The van der Waals surface area contributed by atoms with Crippen molar-refractivity contribution in [3.63, 3.8) is 0 Å². The molecule has 0 saturated carbocycles. The Kier molecular flexibility index (Phi) is 2.50. The van der Waals surface area contributed by atoms with Crippen LogP contribution in [0.25, 0.3) is 0 Å². The minimum atomic E-state index is 0.111. The van der Waals surface area contributed by atoms with Crippen LogP contribution in [0, 0.1) is 0 Å². The number of fused-ring (bicyclic) bond motifs is 1. The maximum absolute atomic E-state index is 6.07. The maximum atomic E-state index is 6.07. The Balaban J connectivity index is 2.56. The summed E-state index contributed by atoms with van der Waals surface area (Å²) in [5, 5.41) is 1.44. The highest BCUT2D eigenvalue weighted by atomic mass is 35.5. The molecular weight excluding hydrogens is 205 g/mol. The number of rotatable bonds is 0. The first-order valence-corrected chi connectivity index (χ1v) is 5.17. The molecule has 0 saturated heterocycles. The lowest BCUT2D eigenvalue weighted by molar-refractivity contribution is 0.570. The summed E-state index contributed by atoms with van der Waals surface area (Å²) in [7, 11) is 0. The molecule has 1 aliphatic rings. The van der Waals surface area contributed by atoms with Crippen LogP contribution in [0.5, 0.6) is 0 Å². The van der Waals surface area contributed by atoms with Gasteiger partial charge in [0.2, 0.25) is 0 Å². The highest BCUT2D eigenvalue weighted by molar-refractivity contribution is 6.35. The first kappa shape index (κ1) is 9.32. The van der Waals surface area contributed by atoms with Crippen molar-refractivity contribution >= 4 is 23.2 Å². The van der Waals surface area contributed by atoms with Crippen molar-refractivity contribution in [3.05, 3.63) is 33.3 Å². The van der Waals surface area contributed by atoms with Gasteiger partial charge in [0.15, 0.2) is 0 Å². The van der Waals surface area contributed by atoms with E-state index in [9.17, 15) is 0 Å². The van der Waals surface area contributed by atoms with Gasteiger partial charge in [0, 0.05) is 16.1 Å². The van der Waals surface area contributed by atoms with E-state index in [-0.39, 0.29) is 6.04 Å². The average molecular weight is 216 g/mol. The predicted molar refractivity (Wildman–Crippen MR) is 56.3 cm³/mol. The number of nitrogens with two attached hydrogens (primary N) is 1. The zero-order valence-electron chi connectivity index (χ0n) is 7.19. The first-order valence-electron chi connectivity index (χ1n) is 4.42. The van der Waals surface area contributed by atoms with Crippen molar-refractivity contribution in [1.82, 2.24) is 0 Å². The third-order valence-electron chi connectivity index (χ3n) is 2.54. The van der Waals surface area contributed by atoms with E-state index in [4.69, 9.17) is 28.9 Å². The zero-order valence-corrected chi connectivity index (χ0v) is 8.70. The van der Waals surface area contributed by atoms with E-state index in [0.29, 0.717) is 5.02 Å². The van der Waals surface area contributed by atoms with Crippen molar-refractivity contribution in [1.29, 1.82) is 0 Å². The lowest BCUT2D eigenvalue weighted by atomic mass is 9.88. The minimum Gasteiger partial charge on any atom is -0.324 e. The molecule has 1 atom stereocenters. The molecule has 0 radical (unpaired) electrons. The van der Waals surface area contributed by atoms with Crippen LogP contribution in [0.1, 0.15) is 30.0 Å². The van der Waals surface area contributed by atoms with Crippen LogP contribution < -0.4 is 5.73 Å². The van der Waals surface area contributed by atoms with Gasteiger partial charge in [-0.05, 0) is 42.5 Å². The lowest BCUT2D eigenvalue weighted by Crippen LogP contribution is -2.17. The number of benzene rings is 1. The highest BCUT2D eigenvalue weighted by Gasteiger charge is 2.19. The normalized spacial score (nSPS) is 21.3. The average Bonchev–Trinajstić information content (AvgIpc) is 2.07. The second-order valence-electron chi connectivity index (χ2n) is 3.45. The first-order chi connectivity index (χ1) is 6.18. The van der Waals surface area contributed by atoms with Crippen LogP contribution >= 0.6 is 23.2 Å². The molecule has 0 heterocycles. The van der Waals surface area contributed by atoms with E-state index in [1.165, 1.54) is 5.56 Å². The van der Waals surface area contributed by atoms with E-state index in [2.05, 4.69) is 0 Å². The molecule has 0 aliphatic heterocycles. The molecule has 13 heavy (non-hydrogen) atoms. The Hall–Kier alpha value is -0.240. The Labute approximate surface area is 87.8 Å². The maximum Gasteiger partial charge on any atom is 0.0456 e. The van der Waals surface area contributed by atoms with E-state index in [1.807, 2.05) is 6.07 Å². The minimum absolute atomic E-state index is 0.111. The second-order valence-corrected chi connectivity index (χ2v) is 4.30. The summed E-state index contributed by atoms with van der Waals surface area (Å²) < 4.78 is 0. The largest absolute Gasteiger partial charge is 0.324 e. The van der Waals surface area contributed by atoms with Gasteiger partial charge >= 0.3 is 0 Å². The third kappa shape index (κ3) is 1.69. The smallest absolute Gasteiger partial charge is 0.0456 e. The zero-order chi connectivity index (χ0) is 9.42. The second kappa shape index (κ2) is 3.49. The molecule has 2 rings (SSSR count). The molecule has 0 fully saturated rings. The molecule has 70 valence electrons. The molecule has 1 unspecified atom stereocenters. The molecule has 1 aromatic rings. The number of hydrogen-bond donors (Lipinski definition) is 1. The fourth-order valence-electron chi connectivity index (χ4n) is 1.87. The van der Waals surface area contributed by atoms with Crippen molar-refractivity contribution in [2.75, 3.05) is 0 Å². The van der Waals surface area contributed by atoms with Crippen molar-refractivity contribution in [3.8, 4) is 0 Å². The summed E-state index contributed by atoms with van der Waals surface area (Å²) in [5.41, 5.74) is 8.28. The number of halogens is 2. The molecular formula is C10H11Cl2N. The standard InChI is InChI=1S/C10H11Cl2N/c11-6-4-8-7(9(12)5-6)2-1-3-10(8)13/h4-5,10H,1-3,13H2. The van der Waals surface area contributed by atoms with Gasteiger partial charge in [-0.25, -0.2) is 0 Å².